The van der Waals surface area contributed by atoms with Gasteiger partial charge in [0.15, 0.2) is 6.29 Å². The number of pyridine rings is 2. The summed E-state index contributed by atoms with van der Waals surface area (Å²) in [6.45, 7) is 2.56. The van der Waals surface area contributed by atoms with Crippen molar-refractivity contribution in [2.45, 2.75) is 48.5 Å². The van der Waals surface area contributed by atoms with E-state index in [1.807, 2.05) is 6.07 Å². The van der Waals surface area contributed by atoms with Crippen LogP contribution < -0.4 is 10.2 Å². The third-order valence-electron chi connectivity index (χ3n) is 6.93. The number of hydrogen-bond acceptors (Lipinski definition) is 9. The number of anilines is 2. The Balaban J connectivity index is 1.34. The van der Waals surface area contributed by atoms with E-state index in [4.69, 9.17) is 9.47 Å². The lowest BCUT2D eigenvalue weighted by Gasteiger charge is -2.29. The summed E-state index contributed by atoms with van der Waals surface area (Å²) >= 11 is 1.55. The third kappa shape index (κ3) is 5.36. The molecule has 198 valence electrons. The fourth-order valence-electron chi connectivity index (χ4n) is 4.92. The third-order valence-corrected chi connectivity index (χ3v) is 8.23. The molecule has 2 fully saturated rings. The lowest BCUT2D eigenvalue weighted by Crippen LogP contribution is -2.40. The molecule has 38 heavy (non-hydrogen) atoms. The van der Waals surface area contributed by atoms with Crippen molar-refractivity contribution in [3.63, 3.8) is 0 Å². The van der Waals surface area contributed by atoms with Crippen LogP contribution >= 0.6 is 11.8 Å². The Morgan fingerprint density at radius 2 is 2.24 bits per heavy atom. The number of thioether (sulfide) groups is 1. The maximum Gasteiger partial charge on any atom is 0.328 e. The molecular formula is C26H28N6O5S. The number of carbonyl (C=O) groups excluding carboxylic acids is 3. The van der Waals surface area contributed by atoms with Gasteiger partial charge in [0, 0.05) is 61.7 Å². The Hall–Kier alpha value is -3.53. The molecule has 2 atom stereocenters. The average Bonchev–Trinajstić information content (AvgIpc) is 3.57. The maximum absolute atomic E-state index is 13.3. The zero-order valence-corrected chi connectivity index (χ0v) is 21.8. The number of fused-ring (bicyclic) bond motifs is 1. The molecule has 3 amide bonds. The Labute approximate surface area is 224 Å². The number of aldehydes is 1. The topological polar surface area (TPSA) is 138 Å². The molecule has 5 heterocycles. The number of nitrogens with one attached hydrogen (secondary N) is 1. The summed E-state index contributed by atoms with van der Waals surface area (Å²) in [6, 6.07) is 5.32. The first-order valence-corrected chi connectivity index (χ1v) is 13.4. The van der Waals surface area contributed by atoms with E-state index in [0.29, 0.717) is 68.2 Å². The van der Waals surface area contributed by atoms with Crippen LogP contribution in [0, 0.1) is 11.3 Å². The molecular weight excluding hydrogens is 508 g/mol. The monoisotopic (exact) mass is 536 g/mol. The molecule has 0 saturated carbocycles. The van der Waals surface area contributed by atoms with E-state index < -0.39 is 12.1 Å². The van der Waals surface area contributed by atoms with Gasteiger partial charge in [-0.2, -0.15) is 5.26 Å². The van der Waals surface area contributed by atoms with Crippen molar-refractivity contribution in [2.75, 3.05) is 43.6 Å². The molecule has 3 aliphatic heterocycles. The van der Waals surface area contributed by atoms with Crippen LogP contribution in [0.25, 0.3) is 0 Å². The van der Waals surface area contributed by atoms with Gasteiger partial charge in [-0.15, -0.1) is 11.8 Å². The lowest BCUT2D eigenvalue weighted by molar-refractivity contribution is -0.136. The van der Waals surface area contributed by atoms with E-state index in [1.54, 1.807) is 22.7 Å². The number of methoxy groups -OCH3 is 1. The van der Waals surface area contributed by atoms with Crippen LogP contribution in [-0.4, -0.2) is 77.9 Å². The van der Waals surface area contributed by atoms with Crippen molar-refractivity contribution < 1.29 is 23.9 Å². The van der Waals surface area contributed by atoms with Crippen LogP contribution in [0.5, 0.6) is 0 Å². The Morgan fingerprint density at radius 3 is 2.95 bits per heavy atom. The van der Waals surface area contributed by atoms with Gasteiger partial charge in [0.2, 0.25) is 0 Å². The van der Waals surface area contributed by atoms with Crippen molar-refractivity contribution in [1.82, 2.24) is 14.9 Å². The standard InChI is InChI=1S/C26H28N6O5S/c1-36-21-4-7-31(25(21)34)13-17-9-16-3-2-6-32(24(16)29-20(17)14-33)26(35)30-23-10-22(18(11-27)12-28-23)38-19-5-8-37-15-19/h9-10,12,14,19,21H,2-8,13,15H2,1H3,(H,28,30,35)/t19-,21?/m1/s1. The number of amides is 3. The number of nitriles is 1. The Bertz CT molecular complexity index is 1290. The molecule has 12 heteroatoms. The molecule has 3 aliphatic rings. The van der Waals surface area contributed by atoms with Crippen LogP contribution in [0.4, 0.5) is 16.4 Å². The van der Waals surface area contributed by atoms with Gasteiger partial charge in [-0.25, -0.2) is 14.8 Å². The lowest BCUT2D eigenvalue weighted by atomic mass is 10.0. The number of aryl methyl sites for hydroxylation is 1. The van der Waals surface area contributed by atoms with E-state index in [0.717, 1.165) is 23.3 Å². The zero-order chi connectivity index (χ0) is 26.6. The van der Waals surface area contributed by atoms with Gasteiger partial charge < -0.3 is 14.4 Å². The summed E-state index contributed by atoms with van der Waals surface area (Å²) < 4.78 is 10.7. The number of rotatable bonds is 7. The molecule has 1 unspecified atom stereocenters. The molecule has 0 bridgehead atoms. The first kappa shape index (κ1) is 26.1. The quantitative estimate of drug-likeness (QED) is 0.529. The number of nitrogens with zero attached hydrogens (tertiary/aromatic N) is 5. The van der Waals surface area contributed by atoms with E-state index in [9.17, 15) is 19.6 Å². The number of ether oxygens (including phenoxy) is 2. The second-order valence-electron chi connectivity index (χ2n) is 9.37. The molecule has 0 radical (unpaired) electrons. The predicted octanol–water partition coefficient (Wildman–Crippen LogP) is 2.77. The minimum Gasteiger partial charge on any atom is -0.380 e. The van der Waals surface area contributed by atoms with Crippen LogP contribution in [0.15, 0.2) is 23.2 Å². The molecule has 0 aliphatic carbocycles. The summed E-state index contributed by atoms with van der Waals surface area (Å²) in [5, 5.41) is 12.6. The molecule has 0 aromatic carbocycles. The van der Waals surface area contributed by atoms with E-state index in [1.165, 1.54) is 18.2 Å². The number of carbonyl (C=O) groups is 3. The molecule has 0 spiro atoms. The Kier molecular flexibility index (Phi) is 7.87. The summed E-state index contributed by atoms with van der Waals surface area (Å²) in [5.74, 6) is 0.652. The van der Waals surface area contributed by atoms with E-state index in [2.05, 4.69) is 21.4 Å². The summed E-state index contributed by atoms with van der Waals surface area (Å²) in [7, 11) is 1.51. The van der Waals surface area contributed by atoms with Crippen LogP contribution in [-0.2, 0) is 27.2 Å². The van der Waals surface area contributed by atoms with Gasteiger partial charge >= 0.3 is 6.03 Å². The van der Waals surface area contributed by atoms with Crippen molar-refractivity contribution >= 4 is 41.6 Å². The highest BCUT2D eigenvalue weighted by Gasteiger charge is 2.33. The second-order valence-corrected chi connectivity index (χ2v) is 10.7. The van der Waals surface area contributed by atoms with Crippen molar-refractivity contribution in [3.05, 3.63) is 40.7 Å². The molecule has 2 aromatic rings. The van der Waals surface area contributed by atoms with E-state index in [-0.39, 0.29) is 23.4 Å². The minimum atomic E-state index is -0.458. The maximum atomic E-state index is 13.3. The zero-order valence-electron chi connectivity index (χ0n) is 21.0. The minimum absolute atomic E-state index is 0.101. The molecule has 1 N–H and O–H groups in total. The number of urea groups is 1. The smallest absolute Gasteiger partial charge is 0.328 e. The van der Waals surface area contributed by atoms with Crippen molar-refractivity contribution in [2.24, 2.45) is 0 Å². The second kappa shape index (κ2) is 11.5. The molecule has 11 nitrogen and oxygen atoms in total. The number of likely N-dealkylation sites (tertiary alicyclic amines) is 1. The average molecular weight is 537 g/mol. The molecule has 2 aromatic heterocycles. The van der Waals surface area contributed by atoms with Gasteiger partial charge in [-0.05, 0) is 37.0 Å². The first-order chi connectivity index (χ1) is 18.5. The molecule has 5 rings (SSSR count). The molecule has 2 saturated heterocycles. The van der Waals surface area contributed by atoms with Gasteiger partial charge in [-0.3, -0.25) is 19.8 Å². The Morgan fingerprint density at radius 1 is 1.37 bits per heavy atom. The summed E-state index contributed by atoms with van der Waals surface area (Å²) in [4.78, 5) is 50.5. The highest BCUT2D eigenvalue weighted by Crippen LogP contribution is 2.33. The van der Waals surface area contributed by atoms with Gasteiger partial charge in [0.25, 0.3) is 5.91 Å². The first-order valence-electron chi connectivity index (χ1n) is 12.5. The van der Waals surface area contributed by atoms with Gasteiger partial charge in [-0.1, -0.05) is 0 Å². The highest BCUT2D eigenvalue weighted by molar-refractivity contribution is 8.00. The summed E-state index contributed by atoms with van der Waals surface area (Å²) in [6.07, 6.45) is 4.59. The number of aromatic nitrogens is 2. The number of hydrogen-bond donors (Lipinski definition) is 1. The SMILES string of the molecule is COC1CCN(Cc2cc3c(nc2C=O)N(C(=O)Nc2cc(S[C@@H]4CCOC4)c(C#N)cn2)CCC3)C1=O. The predicted molar refractivity (Wildman–Crippen MR) is 139 cm³/mol. The van der Waals surface area contributed by atoms with Crippen molar-refractivity contribution in [3.8, 4) is 6.07 Å². The van der Waals surface area contributed by atoms with Gasteiger partial charge in [0.05, 0.1) is 12.2 Å². The summed E-state index contributed by atoms with van der Waals surface area (Å²) in [5.41, 5.74) is 2.14. The fraction of sp³-hybridized carbons (Fsp3) is 0.462. The van der Waals surface area contributed by atoms with E-state index >= 15 is 0 Å². The highest BCUT2D eigenvalue weighted by atomic mass is 32.2. The van der Waals surface area contributed by atoms with Crippen LogP contribution in [0.1, 0.15) is 46.4 Å². The van der Waals surface area contributed by atoms with Crippen LogP contribution in [0.2, 0.25) is 0 Å². The fourth-order valence-corrected chi connectivity index (χ4v) is 6.07. The largest absolute Gasteiger partial charge is 0.380 e. The van der Waals surface area contributed by atoms with Gasteiger partial charge in [0.1, 0.15) is 29.5 Å². The normalized spacial score (nSPS) is 20.8. The van der Waals surface area contributed by atoms with Crippen molar-refractivity contribution in [1.29, 1.82) is 5.26 Å². The van der Waals surface area contributed by atoms with Crippen LogP contribution in [0.3, 0.4) is 0 Å².